The number of aromatic nitrogens is 4. The minimum Gasteiger partial charge on any atom is -0.455 e. The van der Waals surface area contributed by atoms with Crippen LogP contribution >= 0.6 is 11.8 Å². The Balaban J connectivity index is 1.38. The van der Waals surface area contributed by atoms with Gasteiger partial charge in [-0.1, -0.05) is 36.9 Å². The van der Waals surface area contributed by atoms with E-state index in [-0.39, 0.29) is 11.7 Å². The molecule has 0 atom stereocenters. The van der Waals surface area contributed by atoms with Crippen LogP contribution in [0.25, 0.3) is 5.69 Å². The first-order valence-corrected chi connectivity index (χ1v) is 11.2. The maximum atomic E-state index is 12.5. The first kappa shape index (κ1) is 21.6. The van der Waals surface area contributed by atoms with Crippen LogP contribution in [-0.4, -0.2) is 31.4 Å². The predicted octanol–water partition coefficient (Wildman–Crippen LogP) is 5.06. The van der Waals surface area contributed by atoms with Crippen molar-refractivity contribution in [2.45, 2.75) is 25.4 Å². The Morgan fingerprint density at radius 2 is 2.03 bits per heavy atom. The van der Waals surface area contributed by atoms with Crippen LogP contribution in [0, 0.1) is 6.92 Å². The molecule has 0 bridgehead atoms. The quantitative estimate of drug-likeness (QED) is 0.382. The van der Waals surface area contributed by atoms with Crippen molar-refractivity contribution in [2.24, 2.45) is 0 Å². The number of nitrogens with one attached hydrogen (secondary N) is 1. The molecular formula is C24H23N5O2S. The van der Waals surface area contributed by atoms with Gasteiger partial charge in [-0.15, -0.1) is 10.2 Å². The second kappa shape index (κ2) is 10.1. The molecular weight excluding hydrogens is 422 g/mol. The Labute approximate surface area is 190 Å². The molecule has 0 aliphatic heterocycles. The molecule has 0 aliphatic carbocycles. The van der Waals surface area contributed by atoms with Crippen molar-refractivity contribution >= 4 is 23.4 Å². The molecule has 0 fully saturated rings. The average Bonchev–Trinajstić information content (AvgIpc) is 3.28. The van der Waals surface area contributed by atoms with E-state index in [9.17, 15) is 4.79 Å². The summed E-state index contributed by atoms with van der Waals surface area (Å²) < 4.78 is 7.76. The summed E-state index contributed by atoms with van der Waals surface area (Å²) in [5.74, 6) is 1.49. The van der Waals surface area contributed by atoms with Crippen LogP contribution in [-0.2, 0) is 11.2 Å². The van der Waals surface area contributed by atoms with Gasteiger partial charge in [-0.25, -0.2) is 0 Å². The third-order valence-corrected chi connectivity index (χ3v) is 5.74. The standard InChI is InChI=1S/C24H23N5O2S/c1-3-18-7-4-5-9-21(18)29-16-26-28-24(29)32-15-23(30)27-19-10-11-22(17(2)13-19)31-20-8-6-12-25-14-20/h4-14,16H,3,15H2,1-2H3,(H,27,30). The summed E-state index contributed by atoms with van der Waals surface area (Å²) in [5.41, 5.74) is 3.85. The predicted molar refractivity (Wildman–Crippen MR) is 126 cm³/mol. The molecule has 0 spiro atoms. The number of aryl methyl sites for hydroxylation is 2. The monoisotopic (exact) mass is 445 g/mol. The largest absolute Gasteiger partial charge is 0.455 e. The normalized spacial score (nSPS) is 10.7. The minimum absolute atomic E-state index is 0.117. The fourth-order valence-corrected chi connectivity index (χ4v) is 3.96. The molecule has 2 aromatic carbocycles. The smallest absolute Gasteiger partial charge is 0.234 e. The highest BCUT2D eigenvalue weighted by Gasteiger charge is 2.13. The van der Waals surface area contributed by atoms with E-state index in [2.05, 4.69) is 33.5 Å². The fourth-order valence-electron chi connectivity index (χ4n) is 3.24. The zero-order valence-electron chi connectivity index (χ0n) is 17.9. The van der Waals surface area contributed by atoms with E-state index in [0.717, 1.165) is 17.7 Å². The van der Waals surface area contributed by atoms with Crippen LogP contribution in [0.5, 0.6) is 11.5 Å². The van der Waals surface area contributed by atoms with E-state index in [1.54, 1.807) is 18.7 Å². The molecule has 2 heterocycles. The molecule has 8 heteroatoms. The summed E-state index contributed by atoms with van der Waals surface area (Å²) in [6.07, 6.45) is 5.93. The molecule has 0 unspecified atom stereocenters. The first-order valence-electron chi connectivity index (χ1n) is 10.2. The number of carbonyl (C=O) groups excluding carboxylic acids is 1. The lowest BCUT2D eigenvalue weighted by atomic mass is 10.1. The summed E-state index contributed by atoms with van der Waals surface area (Å²) >= 11 is 1.35. The number of hydrogen-bond acceptors (Lipinski definition) is 6. The van der Waals surface area contributed by atoms with Gasteiger partial charge in [0.25, 0.3) is 0 Å². The molecule has 7 nitrogen and oxygen atoms in total. The van der Waals surface area contributed by atoms with Crippen molar-refractivity contribution in [3.8, 4) is 17.2 Å². The number of nitrogens with zero attached hydrogens (tertiary/aromatic N) is 4. The molecule has 4 aromatic rings. The summed E-state index contributed by atoms with van der Waals surface area (Å²) in [6.45, 7) is 4.04. The van der Waals surface area contributed by atoms with Gasteiger partial charge in [0.15, 0.2) is 5.16 Å². The summed E-state index contributed by atoms with van der Waals surface area (Å²) in [5, 5.41) is 11.8. The lowest BCUT2D eigenvalue weighted by molar-refractivity contribution is -0.113. The van der Waals surface area contributed by atoms with E-state index in [1.165, 1.54) is 17.3 Å². The first-order chi connectivity index (χ1) is 15.6. The molecule has 32 heavy (non-hydrogen) atoms. The van der Waals surface area contributed by atoms with Gasteiger partial charge in [-0.05, 0) is 60.9 Å². The lowest BCUT2D eigenvalue weighted by Crippen LogP contribution is -2.14. The van der Waals surface area contributed by atoms with Crippen LogP contribution in [0.1, 0.15) is 18.1 Å². The lowest BCUT2D eigenvalue weighted by Gasteiger charge is -2.12. The van der Waals surface area contributed by atoms with Gasteiger partial charge in [0.2, 0.25) is 5.91 Å². The number of amides is 1. The third kappa shape index (κ3) is 5.15. The fraction of sp³-hybridized carbons (Fsp3) is 0.167. The Morgan fingerprint density at radius 1 is 1.16 bits per heavy atom. The van der Waals surface area contributed by atoms with E-state index in [0.29, 0.717) is 22.3 Å². The van der Waals surface area contributed by atoms with E-state index in [4.69, 9.17) is 4.74 Å². The second-order valence-corrected chi connectivity index (χ2v) is 8.02. The van der Waals surface area contributed by atoms with Crippen LogP contribution in [0.15, 0.2) is 78.5 Å². The topological polar surface area (TPSA) is 81.9 Å². The van der Waals surface area contributed by atoms with Crippen molar-refractivity contribution in [1.82, 2.24) is 19.7 Å². The van der Waals surface area contributed by atoms with E-state index < -0.39 is 0 Å². The average molecular weight is 446 g/mol. The van der Waals surface area contributed by atoms with Gasteiger partial charge < -0.3 is 10.1 Å². The Hall–Kier alpha value is -3.65. The molecule has 1 N–H and O–H groups in total. The number of para-hydroxylation sites is 1. The Bertz CT molecular complexity index is 1210. The van der Waals surface area contributed by atoms with Crippen molar-refractivity contribution in [1.29, 1.82) is 0 Å². The Kier molecular flexibility index (Phi) is 6.81. The molecule has 0 saturated carbocycles. The van der Waals surface area contributed by atoms with Gasteiger partial charge >= 0.3 is 0 Å². The van der Waals surface area contributed by atoms with Gasteiger partial charge in [-0.3, -0.25) is 14.3 Å². The summed E-state index contributed by atoms with van der Waals surface area (Å²) in [7, 11) is 0. The van der Waals surface area contributed by atoms with Crippen LogP contribution < -0.4 is 10.1 Å². The highest BCUT2D eigenvalue weighted by atomic mass is 32.2. The number of hydrogen-bond donors (Lipinski definition) is 1. The number of benzene rings is 2. The number of pyridine rings is 1. The van der Waals surface area contributed by atoms with E-state index >= 15 is 0 Å². The number of carbonyl (C=O) groups is 1. The number of anilines is 1. The van der Waals surface area contributed by atoms with Crippen molar-refractivity contribution < 1.29 is 9.53 Å². The highest BCUT2D eigenvalue weighted by molar-refractivity contribution is 7.99. The molecule has 162 valence electrons. The number of rotatable bonds is 8. The molecule has 0 aliphatic rings. The molecule has 0 saturated heterocycles. The van der Waals surface area contributed by atoms with Gasteiger partial charge in [0.1, 0.15) is 17.8 Å². The van der Waals surface area contributed by atoms with Gasteiger partial charge in [0.05, 0.1) is 17.6 Å². The van der Waals surface area contributed by atoms with Gasteiger partial charge in [-0.2, -0.15) is 0 Å². The summed E-state index contributed by atoms with van der Waals surface area (Å²) in [4.78, 5) is 16.6. The zero-order chi connectivity index (χ0) is 22.3. The van der Waals surface area contributed by atoms with E-state index in [1.807, 2.05) is 60.0 Å². The molecule has 4 rings (SSSR count). The van der Waals surface area contributed by atoms with Gasteiger partial charge in [0, 0.05) is 11.9 Å². The van der Waals surface area contributed by atoms with Crippen molar-refractivity contribution in [3.05, 3.63) is 84.4 Å². The molecule has 2 aromatic heterocycles. The number of ether oxygens (including phenoxy) is 1. The maximum Gasteiger partial charge on any atom is 0.234 e. The second-order valence-electron chi connectivity index (χ2n) is 7.07. The maximum absolute atomic E-state index is 12.5. The van der Waals surface area contributed by atoms with Crippen LogP contribution in [0.2, 0.25) is 0 Å². The van der Waals surface area contributed by atoms with Crippen molar-refractivity contribution in [3.63, 3.8) is 0 Å². The highest BCUT2D eigenvalue weighted by Crippen LogP contribution is 2.27. The third-order valence-electron chi connectivity index (χ3n) is 4.80. The van der Waals surface area contributed by atoms with Crippen molar-refractivity contribution in [2.75, 3.05) is 11.1 Å². The van der Waals surface area contributed by atoms with Crippen LogP contribution in [0.4, 0.5) is 5.69 Å². The summed E-state index contributed by atoms with van der Waals surface area (Å²) in [6, 6.07) is 17.3. The zero-order valence-corrected chi connectivity index (χ0v) is 18.7. The molecule has 0 radical (unpaired) electrons. The molecule has 1 amide bonds. The minimum atomic E-state index is -0.117. The number of thioether (sulfide) groups is 1. The van der Waals surface area contributed by atoms with Crippen LogP contribution in [0.3, 0.4) is 0 Å². The SMILES string of the molecule is CCc1ccccc1-n1cnnc1SCC(=O)Nc1ccc(Oc2cccnc2)c(C)c1. The Morgan fingerprint density at radius 3 is 2.81 bits per heavy atom.